The van der Waals surface area contributed by atoms with Gasteiger partial charge in [-0.3, -0.25) is 0 Å². The Morgan fingerprint density at radius 1 is 1.39 bits per heavy atom. The third-order valence-electron chi connectivity index (χ3n) is 3.35. The van der Waals surface area contributed by atoms with Gasteiger partial charge in [0.2, 0.25) is 0 Å². The van der Waals surface area contributed by atoms with E-state index in [1.54, 1.807) is 11.3 Å². The highest BCUT2D eigenvalue weighted by Crippen LogP contribution is 2.38. The summed E-state index contributed by atoms with van der Waals surface area (Å²) in [5.74, 6) is 0. The summed E-state index contributed by atoms with van der Waals surface area (Å²) in [4.78, 5) is 8.17. The smallest absolute Gasteiger partial charge is 0.190 e. The van der Waals surface area contributed by atoms with Crippen LogP contribution in [0.15, 0.2) is 24.3 Å². The molecule has 0 saturated heterocycles. The Hall–Kier alpha value is -1.39. The number of hydrogen-bond donors (Lipinski definition) is 1. The van der Waals surface area contributed by atoms with E-state index in [0.29, 0.717) is 0 Å². The van der Waals surface area contributed by atoms with E-state index in [4.69, 9.17) is 5.73 Å². The van der Waals surface area contributed by atoms with Gasteiger partial charge in [-0.25, -0.2) is 4.98 Å². The molecule has 0 amide bonds. The Morgan fingerprint density at radius 2 is 2.17 bits per heavy atom. The number of hydrogen-bond acceptors (Lipinski definition) is 4. The molecule has 0 aliphatic carbocycles. The average molecular weight is 259 g/mol. The fourth-order valence-corrected chi connectivity index (χ4v) is 3.53. The van der Waals surface area contributed by atoms with Crippen molar-refractivity contribution >= 4 is 22.2 Å². The van der Waals surface area contributed by atoms with E-state index >= 15 is 0 Å². The Morgan fingerprint density at radius 3 is 2.89 bits per heavy atom. The van der Waals surface area contributed by atoms with Crippen molar-refractivity contribution in [2.45, 2.75) is 26.3 Å². The molecule has 0 radical (unpaired) electrons. The number of nitrogens with zero attached hydrogens (tertiary/aromatic N) is 2. The maximum absolute atomic E-state index is 5.97. The predicted molar refractivity (Wildman–Crippen MR) is 76.6 cm³/mol. The first-order chi connectivity index (χ1) is 8.66. The second-order valence-corrected chi connectivity index (χ2v) is 5.77. The molecule has 3 rings (SSSR count). The molecule has 1 atom stereocenters. The second kappa shape index (κ2) is 4.37. The average Bonchev–Trinajstić information content (AvgIpc) is 2.92. The number of benzene rings is 1. The summed E-state index contributed by atoms with van der Waals surface area (Å²) in [7, 11) is 0. The summed E-state index contributed by atoms with van der Waals surface area (Å²) in [6.07, 6.45) is 1.10. The van der Waals surface area contributed by atoms with Crippen LogP contribution in [0.25, 0.3) is 0 Å². The van der Waals surface area contributed by atoms with Crippen molar-refractivity contribution in [3.05, 3.63) is 40.4 Å². The standard InChI is InChI=1S/C14H17N3S/c1-9(15)13-10(2)16-14(18-13)17-8-7-11-5-3-4-6-12(11)17/h3-6,9H,7-8,15H2,1-2H3. The summed E-state index contributed by atoms with van der Waals surface area (Å²) in [5, 5.41) is 1.07. The molecule has 1 aliphatic rings. The van der Waals surface area contributed by atoms with Crippen LogP contribution in [0.3, 0.4) is 0 Å². The van der Waals surface area contributed by atoms with Gasteiger partial charge in [-0.15, -0.1) is 0 Å². The van der Waals surface area contributed by atoms with Crippen LogP contribution < -0.4 is 10.6 Å². The summed E-state index contributed by atoms with van der Waals surface area (Å²) in [5.41, 5.74) is 9.74. The number of nitrogens with two attached hydrogens (primary N) is 1. The molecule has 0 fully saturated rings. The van der Waals surface area contributed by atoms with Gasteiger partial charge in [0, 0.05) is 23.2 Å². The molecule has 1 aromatic carbocycles. The van der Waals surface area contributed by atoms with E-state index < -0.39 is 0 Å². The third kappa shape index (κ3) is 1.82. The lowest BCUT2D eigenvalue weighted by molar-refractivity contribution is 0.825. The Labute approximate surface area is 111 Å². The molecule has 1 aromatic heterocycles. The third-order valence-corrected chi connectivity index (χ3v) is 4.73. The van der Waals surface area contributed by atoms with Crippen molar-refractivity contribution in [1.29, 1.82) is 0 Å². The van der Waals surface area contributed by atoms with Crippen LogP contribution >= 0.6 is 11.3 Å². The van der Waals surface area contributed by atoms with E-state index in [2.05, 4.69) is 34.1 Å². The van der Waals surface area contributed by atoms with E-state index in [9.17, 15) is 0 Å². The Bertz CT molecular complexity index is 574. The minimum atomic E-state index is 0.0640. The molecule has 1 aliphatic heterocycles. The van der Waals surface area contributed by atoms with E-state index in [1.165, 1.54) is 16.1 Å². The second-order valence-electron chi connectivity index (χ2n) is 4.77. The largest absolute Gasteiger partial charge is 0.323 e. The first-order valence-corrected chi connectivity index (χ1v) is 7.07. The van der Waals surface area contributed by atoms with Gasteiger partial charge >= 0.3 is 0 Å². The minimum absolute atomic E-state index is 0.0640. The summed E-state index contributed by atoms with van der Waals surface area (Å²) < 4.78 is 0. The Kier molecular flexibility index (Phi) is 2.84. The van der Waals surface area contributed by atoms with Crippen molar-refractivity contribution in [1.82, 2.24) is 4.98 Å². The number of fused-ring (bicyclic) bond motifs is 1. The molecule has 0 spiro atoms. The van der Waals surface area contributed by atoms with Crippen molar-refractivity contribution in [2.75, 3.05) is 11.4 Å². The molecule has 18 heavy (non-hydrogen) atoms. The normalized spacial score (nSPS) is 15.8. The number of para-hydroxylation sites is 1. The molecule has 2 N–H and O–H groups in total. The van der Waals surface area contributed by atoms with Crippen LogP contribution in [0.2, 0.25) is 0 Å². The number of aryl methyl sites for hydroxylation is 1. The predicted octanol–water partition coefficient (Wildman–Crippen LogP) is 3.17. The Balaban J connectivity index is 2.00. The lowest BCUT2D eigenvalue weighted by Gasteiger charge is -2.15. The zero-order chi connectivity index (χ0) is 12.7. The molecule has 1 unspecified atom stereocenters. The monoisotopic (exact) mass is 259 g/mol. The van der Waals surface area contributed by atoms with E-state index in [1.807, 2.05) is 13.8 Å². The van der Waals surface area contributed by atoms with E-state index in [-0.39, 0.29) is 6.04 Å². The van der Waals surface area contributed by atoms with Crippen LogP contribution in [-0.2, 0) is 6.42 Å². The lowest BCUT2D eigenvalue weighted by atomic mass is 10.2. The van der Waals surface area contributed by atoms with Crippen molar-refractivity contribution in [3.63, 3.8) is 0 Å². The van der Waals surface area contributed by atoms with E-state index in [0.717, 1.165) is 23.8 Å². The molecule has 2 aromatic rings. The molecular formula is C14H17N3S. The maximum Gasteiger partial charge on any atom is 0.190 e. The van der Waals surface area contributed by atoms with Crippen molar-refractivity contribution < 1.29 is 0 Å². The van der Waals surface area contributed by atoms with Crippen LogP contribution in [0, 0.1) is 6.92 Å². The fraction of sp³-hybridized carbons (Fsp3) is 0.357. The number of rotatable bonds is 2. The number of anilines is 2. The maximum atomic E-state index is 5.97. The van der Waals surface area contributed by atoms with Crippen LogP contribution in [0.1, 0.15) is 29.1 Å². The molecule has 94 valence electrons. The molecule has 0 bridgehead atoms. The zero-order valence-corrected chi connectivity index (χ0v) is 11.5. The van der Waals surface area contributed by atoms with Crippen LogP contribution in [0.4, 0.5) is 10.8 Å². The molecule has 0 saturated carbocycles. The van der Waals surface area contributed by atoms with Crippen LogP contribution in [-0.4, -0.2) is 11.5 Å². The molecule has 2 heterocycles. The molecule has 3 nitrogen and oxygen atoms in total. The lowest BCUT2D eigenvalue weighted by Crippen LogP contribution is -2.12. The first kappa shape index (κ1) is 11.7. The summed E-state index contributed by atoms with van der Waals surface area (Å²) >= 11 is 1.72. The van der Waals surface area contributed by atoms with Gasteiger partial charge in [-0.05, 0) is 31.9 Å². The SMILES string of the molecule is Cc1nc(N2CCc3ccccc32)sc1C(C)N. The van der Waals surface area contributed by atoms with Gasteiger partial charge < -0.3 is 10.6 Å². The van der Waals surface area contributed by atoms with Crippen molar-refractivity contribution in [2.24, 2.45) is 5.73 Å². The molecular weight excluding hydrogens is 242 g/mol. The highest BCUT2D eigenvalue weighted by Gasteiger charge is 2.23. The summed E-state index contributed by atoms with van der Waals surface area (Å²) in [6, 6.07) is 8.62. The van der Waals surface area contributed by atoms with Gasteiger partial charge in [-0.1, -0.05) is 29.5 Å². The highest BCUT2D eigenvalue weighted by atomic mass is 32.1. The molecule has 4 heteroatoms. The number of thiazole rings is 1. The summed E-state index contributed by atoms with van der Waals surface area (Å²) in [6.45, 7) is 5.08. The zero-order valence-electron chi connectivity index (χ0n) is 10.7. The van der Waals surface area contributed by atoms with Gasteiger partial charge in [0.05, 0.1) is 5.69 Å². The first-order valence-electron chi connectivity index (χ1n) is 6.25. The number of aromatic nitrogens is 1. The van der Waals surface area contributed by atoms with Crippen molar-refractivity contribution in [3.8, 4) is 0 Å². The van der Waals surface area contributed by atoms with Gasteiger partial charge in [-0.2, -0.15) is 0 Å². The van der Waals surface area contributed by atoms with Gasteiger partial charge in [0.25, 0.3) is 0 Å². The highest BCUT2D eigenvalue weighted by molar-refractivity contribution is 7.15. The topological polar surface area (TPSA) is 42.2 Å². The van der Waals surface area contributed by atoms with Gasteiger partial charge in [0.1, 0.15) is 0 Å². The van der Waals surface area contributed by atoms with Gasteiger partial charge in [0.15, 0.2) is 5.13 Å². The van der Waals surface area contributed by atoms with Crippen LogP contribution in [0.5, 0.6) is 0 Å². The minimum Gasteiger partial charge on any atom is -0.323 e. The fourth-order valence-electron chi connectivity index (χ4n) is 2.47. The quantitative estimate of drug-likeness (QED) is 0.900.